The zero-order valence-electron chi connectivity index (χ0n) is 16.5. The van der Waals surface area contributed by atoms with Crippen LogP contribution in [0, 0.1) is 0 Å². The van der Waals surface area contributed by atoms with Crippen LogP contribution in [0.2, 0.25) is 0 Å². The van der Waals surface area contributed by atoms with Crippen LogP contribution in [0.3, 0.4) is 0 Å². The molecule has 6 heteroatoms. The average molecular weight is 489 g/mol. The van der Waals surface area contributed by atoms with Crippen LogP contribution in [-0.4, -0.2) is 34.5 Å². The highest BCUT2D eigenvalue weighted by Gasteiger charge is 2.06. The van der Waals surface area contributed by atoms with Gasteiger partial charge in [0.15, 0.2) is 5.96 Å². The number of aryl methyl sites for hydroxylation is 2. The molecule has 0 radical (unpaired) electrons. The van der Waals surface area contributed by atoms with Crippen LogP contribution >= 0.6 is 24.0 Å². The molecule has 3 aromatic rings. The van der Waals surface area contributed by atoms with Crippen LogP contribution in [0.15, 0.2) is 78.0 Å². The number of rotatable bonds is 7. The first-order valence-corrected chi connectivity index (χ1v) is 9.26. The maximum absolute atomic E-state index is 4.71. The van der Waals surface area contributed by atoms with Gasteiger partial charge in [-0.05, 0) is 17.5 Å². The molecule has 0 atom stereocenters. The smallest absolute Gasteiger partial charge is 0.194 e. The summed E-state index contributed by atoms with van der Waals surface area (Å²) in [6, 6.07) is 20.8. The Bertz CT molecular complexity index is 844. The Morgan fingerprint density at radius 2 is 1.64 bits per heavy atom. The number of hydrogen-bond donors (Lipinski definition) is 1. The van der Waals surface area contributed by atoms with Crippen molar-refractivity contribution in [3.8, 4) is 0 Å². The molecular weight excluding hydrogens is 461 g/mol. The largest absolute Gasteiger partial charge is 0.349 e. The summed E-state index contributed by atoms with van der Waals surface area (Å²) in [4.78, 5) is 11.2. The first-order valence-electron chi connectivity index (χ1n) is 9.26. The molecule has 0 saturated heterocycles. The number of aromatic nitrogens is 2. The minimum absolute atomic E-state index is 0. The molecule has 0 amide bonds. The van der Waals surface area contributed by atoms with Gasteiger partial charge in [-0.25, -0.2) is 9.98 Å². The summed E-state index contributed by atoms with van der Waals surface area (Å²) in [6.45, 7) is 2.22. The molecule has 1 heterocycles. The fourth-order valence-corrected chi connectivity index (χ4v) is 2.87. The zero-order chi connectivity index (χ0) is 18.9. The summed E-state index contributed by atoms with van der Waals surface area (Å²) >= 11 is 0. The number of halogens is 1. The molecular formula is C22H28IN5. The summed E-state index contributed by atoms with van der Waals surface area (Å²) in [5, 5.41) is 3.42. The molecule has 0 aliphatic rings. The minimum Gasteiger partial charge on any atom is -0.349 e. The van der Waals surface area contributed by atoms with Crippen LogP contribution in [-0.2, 0) is 26.1 Å². The predicted molar refractivity (Wildman–Crippen MR) is 126 cm³/mol. The molecule has 148 valence electrons. The van der Waals surface area contributed by atoms with Gasteiger partial charge in [-0.1, -0.05) is 60.7 Å². The van der Waals surface area contributed by atoms with E-state index in [1.54, 1.807) is 0 Å². The third-order valence-electron chi connectivity index (χ3n) is 4.37. The number of benzene rings is 2. The molecule has 0 saturated carbocycles. The minimum atomic E-state index is 0. The van der Waals surface area contributed by atoms with Crippen LogP contribution in [0.25, 0.3) is 0 Å². The van der Waals surface area contributed by atoms with E-state index < -0.39 is 0 Å². The van der Waals surface area contributed by atoms with Crippen molar-refractivity contribution >= 4 is 29.9 Å². The van der Waals surface area contributed by atoms with Crippen molar-refractivity contribution in [1.82, 2.24) is 19.8 Å². The van der Waals surface area contributed by atoms with E-state index in [-0.39, 0.29) is 24.0 Å². The lowest BCUT2D eigenvalue weighted by molar-refractivity contribution is 0.565. The van der Waals surface area contributed by atoms with E-state index in [2.05, 4.69) is 51.3 Å². The maximum atomic E-state index is 4.71. The van der Waals surface area contributed by atoms with Crippen LogP contribution in [0.5, 0.6) is 0 Å². The van der Waals surface area contributed by atoms with Crippen LogP contribution in [0.1, 0.15) is 17.0 Å². The Morgan fingerprint density at radius 3 is 2.29 bits per heavy atom. The summed E-state index contributed by atoms with van der Waals surface area (Å²) in [5.74, 6) is 1.87. The maximum Gasteiger partial charge on any atom is 0.194 e. The molecule has 0 bridgehead atoms. The van der Waals surface area contributed by atoms with Crippen molar-refractivity contribution in [3.05, 3.63) is 90.0 Å². The van der Waals surface area contributed by atoms with Crippen LogP contribution < -0.4 is 5.32 Å². The number of guanidine groups is 1. The second kappa shape index (κ2) is 11.5. The Kier molecular flexibility index (Phi) is 9.00. The molecule has 28 heavy (non-hydrogen) atoms. The van der Waals surface area contributed by atoms with E-state index >= 15 is 0 Å². The topological polar surface area (TPSA) is 45.4 Å². The fraction of sp³-hybridized carbons (Fsp3) is 0.273. The van der Waals surface area contributed by atoms with Gasteiger partial charge in [-0.2, -0.15) is 0 Å². The second-order valence-corrected chi connectivity index (χ2v) is 6.65. The highest BCUT2D eigenvalue weighted by atomic mass is 127. The lowest BCUT2D eigenvalue weighted by Gasteiger charge is -2.18. The Balaban J connectivity index is 0.00000280. The van der Waals surface area contributed by atoms with E-state index in [9.17, 15) is 0 Å². The number of imidazole rings is 1. The van der Waals surface area contributed by atoms with E-state index in [1.165, 1.54) is 11.1 Å². The first kappa shape index (κ1) is 21.9. The molecule has 0 spiro atoms. The van der Waals surface area contributed by atoms with Crippen molar-refractivity contribution in [1.29, 1.82) is 0 Å². The van der Waals surface area contributed by atoms with E-state index in [1.807, 2.05) is 55.7 Å². The first-order chi connectivity index (χ1) is 13.2. The van der Waals surface area contributed by atoms with Gasteiger partial charge in [0.1, 0.15) is 5.82 Å². The molecule has 0 aliphatic carbocycles. The Labute approximate surface area is 184 Å². The highest BCUT2D eigenvalue weighted by molar-refractivity contribution is 14.0. The van der Waals surface area contributed by atoms with E-state index in [0.717, 1.165) is 24.7 Å². The molecule has 5 nitrogen and oxygen atoms in total. The number of nitrogens with one attached hydrogen (secondary N) is 1. The molecule has 0 fully saturated rings. The Morgan fingerprint density at radius 1 is 1.00 bits per heavy atom. The molecule has 0 unspecified atom stereocenters. The Hall–Kier alpha value is -2.35. The summed E-state index contributed by atoms with van der Waals surface area (Å²) in [7, 11) is 4.00. The van der Waals surface area contributed by atoms with Gasteiger partial charge in [0, 0.05) is 33.0 Å². The summed E-state index contributed by atoms with van der Waals surface area (Å²) < 4.78 is 2.20. The van der Waals surface area contributed by atoms with Gasteiger partial charge >= 0.3 is 0 Å². The SMILES string of the molecule is CN(C)C(=NCc1ccccc1)NCc1nccn1CCc1ccccc1.I. The third-order valence-corrected chi connectivity index (χ3v) is 4.37. The lowest BCUT2D eigenvalue weighted by atomic mass is 10.1. The van der Waals surface area contributed by atoms with Gasteiger partial charge < -0.3 is 14.8 Å². The van der Waals surface area contributed by atoms with Gasteiger partial charge in [-0.3, -0.25) is 0 Å². The van der Waals surface area contributed by atoms with Crippen molar-refractivity contribution in [2.75, 3.05) is 14.1 Å². The number of hydrogen-bond acceptors (Lipinski definition) is 2. The van der Waals surface area contributed by atoms with Crippen molar-refractivity contribution < 1.29 is 0 Å². The quantitative estimate of drug-likeness (QED) is 0.311. The normalized spacial score (nSPS) is 11.0. The van der Waals surface area contributed by atoms with Gasteiger partial charge in [0.2, 0.25) is 0 Å². The van der Waals surface area contributed by atoms with E-state index in [4.69, 9.17) is 4.99 Å². The fourth-order valence-electron chi connectivity index (χ4n) is 2.87. The van der Waals surface area contributed by atoms with Gasteiger partial charge in [-0.15, -0.1) is 24.0 Å². The number of aliphatic imine (C=N–C) groups is 1. The van der Waals surface area contributed by atoms with Gasteiger partial charge in [0.25, 0.3) is 0 Å². The molecule has 3 rings (SSSR count). The van der Waals surface area contributed by atoms with Gasteiger partial charge in [0.05, 0.1) is 13.1 Å². The molecule has 1 aromatic heterocycles. The number of nitrogens with zero attached hydrogens (tertiary/aromatic N) is 4. The van der Waals surface area contributed by atoms with E-state index in [0.29, 0.717) is 13.1 Å². The van der Waals surface area contributed by atoms with Crippen molar-refractivity contribution in [3.63, 3.8) is 0 Å². The molecule has 2 aromatic carbocycles. The standard InChI is InChI=1S/C22H27N5.HI/c1-26(2)22(24-17-20-11-7-4-8-12-20)25-18-21-23-14-16-27(21)15-13-19-9-5-3-6-10-19;/h3-12,14,16H,13,15,17-18H2,1-2H3,(H,24,25);1H. The zero-order valence-corrected chi connectivity index (χ0v) is 18.8. The van der Waals surface area contributed by atoms with Crippen LogP contribution in [0.4, 0.5) is 0 Å². The molecule has 1 N–H and O–H groups in total. The third kappa shape index (κ3) is 6.67. The lowest BCUT2D eigenvalue weighted by Crippen LogP contribution is -2.36. The predicted octanol–water partition coefficient (Wildman–Crippen LogP) is 3.95. The second-order valence-electron chi connectivity index (χ2n) is 6.65. The average Bonchev–Trinajstić information content (AvgIpc) is 3.15. The van der Waals surface area contributed by atoms with Crippen molar-refractivity contribution in [2.45, 2.75) is 26.1 Å². The van der Waals surface area contributed by atoms with Crippen molar-refractivity contribution in [2.24, 2.45) is 4.99 Å². The summed E-state index contributed by atoms with van der Waals surface area (Å²) in [5.41, 5.74) is 2.53. The summed E-state index contributed by atoms with van der Waals surface area (Å²) in [6.07, 6.45) is 4.89. The molecule has 0 aliphatic heterocycles. The highest BCUT2D eigenvalue weighted by Crippen LogP contribution is 2.05. The monoisotopic (exact) mass is 489 g/mol.